The molecule has 2 aromatic rings. The van der Waals surface area contributed by atoms with E-state index in [2.05, 4.69) is 76.4 Å². The van der Waals surface area contributed by atoms with Crippen molar-refractivity contribution in [2.75, 3.05) is 13.6 Å². The second-order valence-corrected chi connectivity index (χ2v) is 6.84. The van der Waals surface area contributed by atoms with Gasteiger partial charge in [-0.3, -0.25) is 4.68 Å². The fraction of sp³-hybridized carbons (Fsp3) is 0.444. The fourth-order valence-electron chi connectivity index (χ4n) is 2.61. The molecule has 1 aromatic carbocycles. The summed E-state index contributed by atoms with van der Waals surface area (Å²) in [5.74, 6) is 0.906. The minimum atomic E-state index is 0.637. The summed E-state index contributed by atoms with van der Waals surface area (Å²) in [4.78, 5) is 6.95. The molecule has 0 unspecified atom stereocenters. The third-order valence-corrected chi connectivity index (χ3v) is 4.60. The van der Waals surface area contributed by atoms with Crippen molar-refractivity contribution in [1.82, 2.24) is 20.0 Å². The molecule has 5 nitrogen and oxygen atoms in total. The molecule has 6 heteroatoms. The topological polar surface area (TPSA) is 45.5 Å². The zero-order valence-corrected chi connectivity index (χ0v) is 16.7. The lowest BCUT2D eigenvalue weighted by atomic mass is 10.2. The van der Waals surface area contributed by atoms with Crippen molar-refractivity contribution in [2.24, 2.45) is 12.0 Å². The number of hydrogen-bond acceptors (Lipinski definition) is 2. The largest absolute Gasteiger partial charge is 0.357 e. The van der Waals surface area contributed by atoms with Gasteiger partial charge in [-0.25, -0.2) is 4.99 Å². The Kier molecular flexibility index (Phi) is 6.43. The molecule has 130 valence electrons. The first kappa shape index (κ1) is 18.5. The van der Waals surface area contributed by atoms with Gasteiger partial charge in [-0.05, 0) is 38.5 Å². The molecule has 0 saturated carbocycles. The Balaban J connectivity index is 2.13. The van der Waals surface area contributed by atoms with Crippen LogP contribution in [0.3, 0.4) is 0 Å². The minimum absolute atomic E-state index is 0.637. The van der Waals surface area contributed by atoms with Gasteiger partial charge >= 0.3 is 0 Å². The van der Waals surface area contributed by atoms with E-state index in [-0.39, 0.29) is 0 Å². The van der Waals surface area contributed by atoms with Crippen LogP contribution in [0.25, 0.3) is 0 Å². The molecule has 1 aromatic heterocycles. The lowest BCUT2D eigenvalue weighted by Gasteiger charge is -2.22. The first-order valence-electron chi connectivity index (χ1n) is 8.15. The van der Waals surface area contributed by atoms with Gasteiger partial charge in [0.25, 0.3) is 0 Å². The van der Waals surface area contributed by atoms with Gasteiger partial charge < -0.3 is 10.2 Å². The van der Waals surface area contributed by atoms with E-state index in [1.807, 2.05) is 18.7 Å². The van der Waals surface area contributed by atoms with Crippen molar-refractivity contribution < 1.29 is 0 Å². The van der Waals surface area contributed by atoms with E-state index in [1.54, 1.807) is 0 Å². The van der Waals surface area contributed by atoms with Crippen LogP contribution < -0.4 is 5.32 Å². The lowest BCUT2D eigenvalue weighted by molar-refractivity contribution is 0.476. The highest BCUT2D eigenvalue weighted by molar-refractivity contribution is 9.10. The Morgan fingerprint density at radius 2 is 1.96 bits per heavy atom. The van der Waals surface area contributed by atoms with Crippen molar-refractivity contribution in [1.29, 1.82) is 0 Å². The average molecular weight is 392 g/mol. The van der Waals surface area contributed by atoms with Gasteiger partial charge in [0.15, 0.2) is 5.96 Å². The second kappa shape index (κ2) is 8.33. The molecule has 0 saturated heterocycles. The third kappa shape index (κ3) is 4.60. The molecule has 0 aliphatic carbocycles. The van der Waals surface area contributed by atoms with Gasteiger partial charge in [0.1, 0.15) is 0 Å². The number of hydrogen-bond donors (Lipinski definition) is 1. The van der Waals surface area contributed by atoms with E-state index in [0.29, 0.717) is 6.54 Å². The Morgan fingerprint density at radius 3 is 2.50 bits per heavy atom. The highest BCUT2D eigenvalue weighted by atomic mass is 79.9. The summed E-state index contributed by atoms with van der Waals surface area (Å²) in [6.45, 7) is 8.50. The molecule has 24 heavy (non-hydrogen) atoms. The summed E-state index contributed by atoms with van der Waals surface area (Å²) in [6.07, 6.45) is 0. The molecule has 0 aliphatic rings. The van der Waals surface area contributed by atoms with Crippen LogP contribution in [0.1, 0.15) is 29.4 Å². The van der Waals surface area contributed by atoms with E-state index < -0.39 is 0 Å². The number of nitrogens with one attached hydrogen (secondary N) is 1. The predicted octanol–water partition coefficient (Wildman–Crippen LogP) is 3.40. The van der Waals surface area contributed by atoms with Crippen molar-refractivity contribution in [3.8, 4) is 0 Å². The van der Waals surface area contributed by atoms with Crippen molar-refractivity contribution in [3.63, 3.8) is 0 Å². The molecule has 0 aliphatic heterocycles. The number of nitrogens with zero attached hydrogens (tertiary/aromatic N) is 4. The Hall–Kier alpha value is -1.82. The van der Waals surface area contributed by atoms with Gasteiger partial charge in [0, 0.05) is 42.9 Å². The number of halogens is 1. The van der Waals surface area contributed by atoms with Crippen LogP contribution in [0.5, 0.6) is 0 Å². The molecular weight excluding hydrogens is 366 g/mol. The van der Waals surface area contributed by atoms with Crippen molar-refractivity contribution in [2.45, 2.75) is 33.9 Å². The zero-order valence-electron chi connectivity index (χ0n) is 15.1. The van der Waals surface area contributed by atoms with Crippen LogP contribution in [0.15, 0.2) is 33.7 Å². The molecule has 0 spiro atoms. The van der Waals surface area contributed by atoms with E-state index in [1.165, 1.54) is 16.8 Å². The molecule has 0 fully saturated rings. The average Bonchev–Trinajstić information content (AvgIpc) is 2.79. The molecule has 0 radical (unpaired) electrons. The molecule has 0 atom stereocenters. The summed E-state index contributed by atoms with van der Waals surface area (Å²) in [5, 5.41) is 7.83. The Bertz CT molecular complexity index is 703. The van der Waals surface area contributed by atoms with Gasteiger partial charge in [0.2, 0.25) is 0 Å². The molecule has 0 bridgehead atoms. The maximum absolute atomic E-state index is 4.80. The van der Waals surface area contributed by atoms with Crippen LogP contribution in [0.2, 0.25) is 0 Å². The summed E-state index contributed by atoms with van der Waals surface area (Å²) in [6, 6.07) is 8.38. The van der Waals surface area contributed by atoms with Gasteiger partial charge in [-0.2, -0.15) is 5.10 Å². The highest BCUT2D eigenvalue weighted by Gasteiger charge is 2.11. The second-order valence-electron chi connectivity index (χ2n) is 5.93. The number of aromatic nitrogens is 2. The first-order valence-corrected chi connectivity index (χ1v) is 8.94. The highest BCUT2D eigenvalue weighted by Crippen LogP contribution is 2.14. The van der Waals surface area contributed by atoms with Crippen molar-refractivity contribution >= 4 is 21.9 Å². The summed E-state index contributed by atoms with van der Waals surface area (Å²) in [5.41, 5.74) is 4.66. The molecular formula is C18H26BrN5. The van der Waals surface area contributed by atoms with E-state index in [9.17, 15) is 0 Å². The van der Waals surface area contributed by atoms with E-state index in [0.717, 1.165) is 29.2 Å². The number of rotatable bonds is 5. The molecule has 0 amide bonds. The van der Waals surface area contributed by atoms with E-state index in [4.69, 9.17) is 4.99 Å². The first-order chi connectivity index (χ1) is 11.4. The van der Waals surface area contributed by atoms with Gasteiger partial charge in [0.05, 0.1) is 12.2 Å². The summed E-state index contributed by atoms with van der Waals surface area (Å²) < 4.78 is 3.01. The van der Waals surface area contributed by atoms with E-state index >= 15 is 0 Å². The maximum Gasteiger partial charge on any atom is 0.194 e. The molecule has 2 rings (SSSR count). The van der Waals surface area contributed by atoms with Crippen LogP contribution in [0.4, 0.5) is 0 Å². The van der Waals surface area contributed by atoms with Gasteiger partial charge in [-0.15, -0.1) is 0 Å². The summed E-state index contributed by atoms with van der Waals surface area (Å²) in [7, 11) is 4.03. The number of benzene rings is 1. The standard InChI is InChI=1S/C18H26BrN5/c1-6-20-18(21-11-17-13(2)22-24(5)14(17)3)23(4)12-15-7-9-16(19)10-8-15/h7-10H,6,11-12H2,1-5H3,(H,20,21). The fourth-order valence-corrected chi connectivity index (χ4v) is 2.87. The van der Waals surface area contributed by atoms with Gasteiger partial charge in [-0.1, -0.05) is 28.1 Å². The quantitative estimate of drug-likeness (QED) is 0.627. The Labute approximate surface area is 152 Å². The summed E-state index contributed by atoms with van der Waals surface area (Å²) >= 11 is 3.47. The van der Waals surface area contributed by atoms with Crippen molar-refractivity contribution in [3.05, 3.63) is 51.3 Å². The number of aliphatic imine (C=N–C) groups is 1. The van der Waals surface area contributed by atoms with Crippen LogP contribution in [0, 0.1) is 13.8 Å². The van der Waals surface area contributed by atoms with Crippen LogP contribution in [-0.4, -0.2) is 34.2 Å². The third-order valence-electron chi connectivity index (χ3n) is 4.08. The maximum atomic E-state index is 4.80. The lowest BCUT2D eigenvalue weighted by Crippen LogP contribution is -2.38. The number of aryl methyl sites for hydroxylation is 2. The predicted molar refractivity (Wildman–Crippen MR) is 103 cm³/mol. The Morgan fingerprint density at radius 1 is 1.29 bits per heavy atom. The minimum Gasteiger partial charge on any atom is -0.357 e. The monoisotopic (exact) mass is 391 g/mol. The van der Waals surface area contributed by atoms with Crippen LogP contribution >= 0.6 is 15.9 Å². The van der Waals surface area contributed by atoms with Crippen LogP contribution in [-0.2, 0) is 20.1 Å². The normalized spacial score (nSPS) is 11.7. The SMILES string of the molecule is CCNC(=NCc1c(C)nn(C)c1C)N(C)Cc1ccc(Br)cc1. The zero-order chi connectivity index (χ0) is 17.7. The number of guanidine groups is 1. The molecule has 1 heterocycles. The molecule has 1 N–H and O–H groups in total. The smallest absolute Gasteiger partial charge is 0.194 e.